The van der Waals surface area contributed by atoms with Crippen LogP contribution in [0.1, 0.15) is 12.8 Å². The largest absolute Gasteiger partial charge is 0.356 e. The summed E-state index contributed by atoms with van der Waals surface area (Å²) in [6.45, 7) is 1.21. The topological polar surface area (TPSA) is 49.8 Å². The lowest BCUT2D eigenvalue weighted by Crippen LogP contribution is -2.42. The Hall–Kier alpha value is -0.450. The van der Waals surface area contributed by atoms with Crippen LogP contribution in [0.5, 0.6) is 0 Å². The molecule has 1 aliphatic rings. The molecule has 1 N–H and O–H groups in total. The zero-order chi connectivity index (χ0) is 8.27. The first kappa shape index (κ1) is 8.64. The monoisotopic (exact) mass is 159 g/mol. The van der Waals surface area contributed by atoms with Gasteiger partial charge in [-0.2, -0.15) is 0 Å². The van der Waals surface area contributed by atoms with Crippen molar-refractivity contribution in [1.29, 1.82) is 0 Å². The average Bonchev–Trinajstić information content (AvgIpc) is 2.05. The molecule has 1 aliphatic heterocycles. The number of likely N-dealkylation sites (tertiary alicyclic amines) is 1. The summed E-state index contributed by atoms with van der Waals surface area (Å²) in [5.41, 5.74) is 0. The summed E-state index contributed by atoms with van der Waals surface area (Å²) in [6.07, 6.45) is 0.212. The van der Waals surface area contributed by atoms with Crippen molar-refractivity contribution in [3.8, 4) is 0 Å². The number of nitrogens with zero attached hydrogens (tertiary/aromatic N) is 1. The zero-order valence-electron chi connectivity index (χ0n) is 6.62. The number of piperidine rings is 1. The maximum Gasteiger partial charge on any atom is 0.215 e. The number of methoxy groups -OCH3 is 1. The fourth-order valence-corrected chi connectivity index (χ4v) is 1.14. The summed E-state index contributed by atoms with van der Waals surface area (Å²) in [5.74, 6) is 0.268. The van der Waals surface area contributed by atoms with E-state index < -0.39 is 6.41 Å². The molecule has 1 heterocycles. The number of ketones is 1. The fourth-order valence-electron chi connectivity index (χ4n) is 1.14. The molecule has 0 aromatic rings. The number of aliphatic hydroxyl groups excluding tert-OH is 1. The van der Waals surface area contributed by atoms with E-state index >= 15 is 0 Å². The quantitative estimate of drug-likeness (QED) is 0.556. The van der Waals surface area contributed by atoms with Crippen LogP contribution < -0.4 is 0 Å². The second kappa shape index (κ2) is 3.80. The first-order valence-corrected chi connectivity index (χ1v) is 3.70. The Balaban J connectivity index is 2.32. The molecule has 0 aromatic carbocycles. The third-order valence-electron chi connectivity index (χ3n) is 1.88. The Morgan fingerprint density at radius 2 is 2.09 bits per heavy atom. The fraction of sp³-hybridized carbons (Fsp3) is 0.857. The van der Waals surface area contributed by atoms with Gasteiger partial charge in [0.25, 0.3) is 0 Å². The first-order valence-electron chi connectivity index (χ1n) is 3.70. The van der Waals surface area contributed by atoms with E-state index in [4.69, 9.17) is 9.84 Å². The van der Waals surface area contributed by atoms with Gasteiger partial charge in [-0.15, -0.1) is 0 Å². The van der Waals surface area contributed by atoms with Crippen LogP contribution in [-0.4, -0.2) is 42.4 Å². The molecule has 0 aliphatic carbocycles. The highest BCUT2D eigenvalue weighted by Gasteiger charge is 2.21. The molecule has 64 valence electrons. The van der Waals surface area contributed by atoms with E-state index in [9.17, 15) is 4.79 Å². The summed E-state index contributed by atoms with van der Waals surface area (Å²) in [6, 6.07) is 0. The van der Waals surface area contributed by atoms with Gasteiger partial charge < -0.3 is 9.84 Å². The van der Waals surface area contributed by atoms with Gasteiger partial charge in [0.2, 0.25) is 6.41 Å². The number of ether oxygens (including phenoxy) is 1. The molecule has 4 nitrogen and oxygen atoms in total. The molecular formula is C7H13NO3. The second-order valence-corrected chi connectivity index (χ2v) is 2.64. The third-order valence-corrected chi connectivity index (χ3v) is 1.88. The number of carbonyl (C=O) groups excluding carboxylic acids is 1. The van der Waals surface area contributed by atoms with Crippen molar-refractivity contribution in [2.75, 3.05) is 20.2 Å². The van der Waals surface area contributed by atoms with Crippen LogP contribution in [0.2, 0.25) is 0 Å². The number of aliphatic hydroxyl groups is 1. The lowest BCUT2D eigenvalue weighted by Gasteiger charge is -2.28. The van der Waals surface area contributed by atoms with Crippen molar-refractivity contribution < 1.29 is 14.6 Å². The van der Waals surface area contributed by atoms with E-state index in [1.165, 1.54) is 7.11 Å². The Morgan fingerprint density at radius 1 is 1.55 bits per heavy atom. The maximum absolute atomic E-state index is 10.8. The van der Waals surface area contributed by atoms with Gasteiger partial charge in [0.05, 0.1) is 0 Å². The van der Waals surface area contributed by atoms with Crippen molar-refractivity contribution in [3.05, 3.63) is 0 Å². The van der Waals surface area contributed by atoms with Crippen LogP contribution in [-0.2, 0) is 9.53 Å². The molecule has 1 unspecified atom stereocenters. The van der Waals surface area contributed by atoms with E-state index in [1.807, 2.05) is 0 Å². The normalized spacial score (nSPS) is 23.6. The van der Waals surface area contributed by atoms with Crippen molar-refractivity contribution >= 4 is 5.78 Å². The average molecular weight is 159 g/mol. The van der Waals surface area contributed by atoms with Gasteiger partial charge in [-0.25, -0.2) is 0 Å². The van der Waals surface area contributed by atoms with Crippen LogP contribution >= 0.6 is 0 Å². The molecule has 1 rings (SSSR count). The Kier molecular flexibility index (Phi) is 2.99. The molecule has 1 atom stereocenters. The Bertz CT molecular complexity index is 139. The van der Waals surface area contributed by atoms with E-state index in [0.717, 1.165) is 0 Å². The number of hydrogen-bond donors (Lipinski definition) is 1. The van der Waals surface area contributed by atoms with E-state index in [1.54, 1.807) is 4.90 Å². The summed E-state index contributed by atoms with van der Waals surface area (Å²) in [7, 11) is 1.45. The van der Waals surface area contributed by atoms with Gasteiger partial charge in [-0.1, -0.05) is 0 Å². The highest BCUT2D eigenvalue weighted by Crippen LogP contribution is 2.08. The van der Waals surface area contributed by atoms with Crippen molar-refractivity contribution in [2.24, 2.45) is 0 Å². The predicted octanol–water partition coefficient (Wildman–Crippen LogP) is -0.426. The molecule has 0 amide bonds. The number of rotatable bonds is 2. The molecule has 11 heavy (non-hydrogen) atoms. The van der Waals surface area contributed by atoms with Gasteiger partial charge in [-0.05, 0) is 0 Å². The third kappa shape index (κ3) is 2.25. The summed E-state index contributed by atoms with van der Waals surface area (Å²) < 4.78 is 4.70. The van der Waals surface area contributed by atoms with Crippen LogP contribution in [0.3, 0.4) is 0 Å². The molecular weight excluding hydrogens is 146 g/mol. The van der Waals surface area contributed by atoms with Gasteiger partial charge in [0, 0.05) is 33.0 Å². The molecule has 0 spiro atoms. The van der Waals surface area contributed by atoms with E-state index in [2.05, 4.69) is 0 Å². The minimum absolute atomic E-state index is 0.268. The summed E-state index contributed by atoms with van der Waals surface area (Å²) in [4.78, 5) is 12.5. The first-order chi connectivity index (χ1) is 5.24. The van der Waals surface area contributed by atoms with Gasteiger partial charge in [0.1, 0.15) is 5.78 Å². The maximum atomic E-state index is 10.8. The molecule has 0 bridgehead atoms. The highest BCUT2D eigenvalue weighted by molar-refractivity contribution is 5.79. The zero-order valence-corrected chi connectivity index (χ0v) is 6.62. The van der Waals surface area contributed by atoms with Crippen molar-refractivity contribution in [3.63, 3.8) is 0 Å². The van der Waals surface area contributed by atoms with Crippen molar-refractivity contribution in [2.45, 2.75) is 19.3 Å². The predicted molar refractivity (Wildman–Crippen MR) is 38.8 cm³/mol. The Morgan fingerprint density at radius 3 is 2.55 bits per heavy atom. The lowest BCUT2D eigenvalue weighted by atomic mass is 10.1. The smallest absolute Gasteiger partial charge is 0.215 e. The number of carbonyl (C=O) groups is 1. The SMILES string of the molecule is COC(O)N1CCC(=O)CC1. The molecule has 1 fully saturated rings. The summed E-state index contributed by atoms with van der Waals surface area (Å²) in [5, 5.41) is 9.16. The lowest BCUT2D eigenvalue weighted by molar-refractivity contribution is -0.181. The second-order valence-electron chi connectivity index (χ2n) is 2.64. The Labute approximate surface area is 65.8 Å². The number of hydrogen-bond acceptors (Lipinski definition) is 4. The minimum atomic E-state index is -0.844. The highest BCUT2D eigenvalue weighted by atomic mass is 16.6. The number of Topliss-reactive ketones (excluding diaryl/α,β-unsaturated/α-hetero) is 1. The van der Waals surface area contributed by atoms with Crippen LogP contribution in [0, 0.1) is 0 Å². The molecule has 1 saturated heterocycles. The van der Waals surface area contributed by atoms with Crippen LogP contribution in [0.25, 0.3) is 0 Å². The van der Waals surface area contributed by atoms with Crippen molar-refractivity contribution in [1.82, 2.24) is 4.90 Å². The standard InChI is InChI=1S/C7H13NO3/c1-11-7(10)8-4-2-6(9)3-5-8/h7,10H,2-5H2,1H3. The molecule has 0 radical (unpaired) electrons. The molecule has 0 saturated carbocycles. The van der Waals surface area contributed by atoms with Gasteiger partial charge in [0.15, 0.2) is 0 Å². The van der Waals surface area contributed by atoms with Gasteiger partial charge in [-0.3, -0.25) is 9.69 Å². The minimum Gasteiger partial charge on any atom is -0.356 e. The van der Waals surface area contributed by atoms with Gasteiger partial charge >= 0.3 is 0 Å². The molecule has 0 aromatic heterocycles. The van der Waals surface area contributed by atoms with E-state index in [0.29, 0.717) is 25.9 Å². The van der Waals surface area contributed by atoms with Crippen LogP contribution in [0.4, 0.5) is 0 Å². The van der Waals surface area contributed by atoms with Crippen LogP contribution in [0.15, 0.2) is 0 Å². The summed E-state index contributed by atoms with van der Waals surface area (Å²) >= 11 is 0. The van der Waals surface area contributed by atoms with E-state index in [-0.39, 0.29) is 5.78 Å². The molecule has 4 heteroatoms.